The highest BCUT2D eigenvalue weighted by atomic mass is 35.5. The van der Waals surface area contributed by atoms with Crippen molar-refractivity contribution in [1.29, 1.82) is 0 Å². The third kappa shape index (κ3) is 5.77. The van der Waals surface area contributed by atoms with Crippen molar-refractivity contribution in [2.24, 2.45) is 0 Å². The molecule has 0 saturated carbocycles. The standard InChI is InChI=1S/C29H38ClNO4/c1-3-5-6-7-8-9-16-35-29-20(30)17-19(18-25(29)34-4-2)26-27-21(12-10-14-23(27)32)31-22-13-11-15-24(33)28(22)26/h17-18,26,31H,3-16H2,1-2H3. The summed E-state index contributed by atoms with van der Waals surface area (Å²) in [4.78, 5) is 26.2. The van der Waals surface area contributed by atoms with E-state index in [0.717, 1.165) is 66.6 Å². The van der Waals surface area contributed by atoms with Gasteiger partial charge in [-0.3, -0.25) is 9.59 Å². The summed E-state index contributed by atoms with van der Waals surface area (Å²) in [5, 5.41) is 3.93. The summed E-state index contributed by atoms with van der Waals surface area (Å²) < 4.78 is 12.1. The zero-order valence-electron chi connectivity index (χ0n) is 21.1. The summed E-state index contributed by atoms with van der Waals surface area (Å²) in [7, 11) is 0. The topological polar surface area (TPSA) is 64.6 Å². The van der Waals surface area contributed by atoms with Gasteiger partial charge < -0.3 is 14.8 Å². The first-order valence-corrected chi connectivity index (χ1v) is 13.8. The number of hydrogen-bond donors (Lipinski definition) is 1. The Hall–Kier alpha value is -2.27. The molecule has 4 rings (SSSR count). The SMILES string of the molecule is CCCCCCCCOc1c(Cl)cc(C2C3=C(CCCC3=O)NC3=C2C(=O)CCC3)cc1OCC. The molecule has 1 N–H and O–H groups in total. The van der Waals surface area contributed by atoms with Gasteiger partial charge in [0.25, 0.3) is 0 Å². The minimum Gasteiger partial charge on any atom is -0.490 e. The quantitative estimate of drug-likeness (QED) is 0.327. The van der Waals surface area contributed by atoms with Crippen LogP contribution in [0.5, 0.6) is 11.5 Å². The van der Waals surface area contributed by atoms with E-state index < -0.39 is 5.92 Å². The van der Waals surface area contributed by atoms with Gasteiger partial charge in [0, 0.05) is 41.3 Å². The largest absolute Gasteiger partial charge is 0.490 e. The van der Waals surface area contributed by atoms with Crippen LogP contribution in [0.2, 0.25) is 5.02 Å². The number of allylic oxidation sites excluding steroid dienone is 4. The van der Waals surface area contributed by atoms with Crippen LogP contribution in [-0.4, -0.2) is 24.8 Å². The number of Topliss-reactive ketones (excluding diaryl/α,β-unsaturated/α-hetero) is 2. The number of rotatable bonds is 11. The number of ketones is 2. The third-order valence-corrected chi connectivity index (χ3v) is 7.48. The Labute approximate surface area is 214 Å². The molecule has 6 heteroatoms. The molecule has 0 saturated heterocycles. The molecule has 35 heavy (non-hydrogen) atoms. The van der Waals surface area contributed by atoms with Gasteiger partial charge in [0.2, 0.25) is 0 Å². The molecular formula is C29H38ClNO4. The maximum absolute atomic E-state index is 13.1. The summed E-state index contributed by atoms with van der Waals surface area (Å²) in [5.41, 5.74) is 4.22. The van der Waals surface area contributed by atoms with Gasteiger partial charge in [-0.15, -0.1) is 0 Å². The van der Waals surface area contributed by atoms with Crippen LogP contribution in [0.25, 0.3) is 0 Å². The van der Waals surface area contributed by atoms with Crippen LogP contribution in [0, 0.1) is 0 Å². The molecule has 0 unspecified atom stereocenters. The molecule has 1 aromatic rings. The minimum atomic E-state index is -0.397. The lowest BCUT2D eigenvalue weighted by Crippen LogP contribution is -2.36. The van der Waals surface area contributed by atoms with Gasteiger partial charge in [-0.2, -0.15) is 0 Å². The predicted octanol–water partition coefficient (Wildman–Crippen LogP) is 7.18. The van der Waals surface area contributed by atoms with E-state index in [1.54, 1.807) is 0 Å². The number of carbonyl (C=O) groups excluding carboxylic acids is 2. The van der Waals surface area contributed by atoms with E-state index in [4.69, 9.17) is 21.1 Å². The van der Waals surface area contributed by atoms with Crippen molar-refractivity contribution in [2.45, 2.75) is 96.8 Å². The van der Waals surface area contributed by atoms with Gasteiger partial charge in [-0.1, -0.05) is 50.6 Å². The van der Waals surface area contributed by atoms with Crippen molar-refractivity contribution in [3.63, 3.8) is 0 Å². The first-order valence-electron chi connectivity index (χ1n) is 13.4. The number of halogens is 1. The lowest BCUT2D eigenvalue weighted by Gasteiger charge is -2.37. The van der Waals surface area contributed by atoms with E-state index in [0.29, 0.717) is 42.6 Å². The Morgan fingerprint density at radius 1 is 0.857 bits per heavy atom. The van der Waals surface area contributed by atoms with Crippen molar-refractivity contribution in [3.05, 3.63) is 45.3 Å². The van der Waals surface area contributed by atoms with Crippen molar-refractivity contribution in [3.8, 4) is 11.5 Å². The zero-order valence-corrected chi connectivity index (χ0v) is 21.9. The molecule has 0 fully saturated rings. The molecule has 2 aliphatic carbocycles. The maximum Gasteiger partial charge on any atom is 0.179 e. The van der Waals surface area contributed by atoms with Gasteiger partial charge in [0.1, 0.15) is 0 Å². The normalized spacial score (nSPS) is 18.4. The Morgan fingerprint density at radius 3 is 2.11 bits per heavy atom. The van der Waals surface area contributed by atoms with Crippen molar-refractivity contribution in [2.75, 3.05) is 13.2 Å². The molecule has 0 aromatic heterocycles. The molecule has 3 aliphatic rings. The maximum atomic E-state index is 13.1. The molecule has 0 radical (unpaired) electrons. The number of nitrogens with one attached hydrogen (secondary N) is 1. The summed E-state index contributed by atoms with van der Waals surface area (Å²) in [5.74, 6) is 0.965. The second kappa shape index (κ2) is 12.1. The lowest BCUT2D eigenvalue weighted by atomic mass is 9.71. The predicted molar refractivity (Wildman–Crippen MR) is 139 cm³/mol. The van der Waals surface area contributed by atoms with Crippen molar-refractivity contribution in [1.82, 2.24) is 5.32 Å². The highest BCUT2D eigenvalue weighted by molar-refractivity contribution is 6.32. The molecule has 0 amide bonds. The number of ether oxygens (including phenoxy) is 2. The molecule has 0 atom stereocenters. The smallest absolute Gasteiger partial charge is 0.179 e. The highest BCUT2D eigenvalue weighted by Crippen LogP contribution is 2.48. The summed E-state index contributed by atoms with van der Waals surface area (Å²) >= 11 is 6.77. The fraction of sp³-hybridized carbons (Fsp3) is 0.586. The second-order valence-corrected chi connectivity index (χ2v) is 10.2. The molecule has 190 valence electrons. The Bertz CT molecular complexity index is 984. The van der Waals surface area contributed by atoms with E-state index in [-0.39, 0.29) is 11.6 Å². The van der Waals surface area contributed by atoms with Gasteiger partial charge in [0.05, 0.1) is 18.2 Å². The lowest BCUT2D eigenvalue weighted by molar-refractivity contribution is -0.117. The first-order chi connectivity index (χ1) is 17.0. The van der Waals surface area contributed by atoms with Crippen LogP contribution >= 0.6 is 11.6 Å². The van der Waals surface area contributed by atoms with Crippen molar-refractivity contribution < 1.29 is 19.1 Å². The molecule has 1 aliphatic heterocycles. The average molecular weight is 500 g/mol. The minimum absolute atomic E-state index is 0.117. The number of hydrogen-bond acceptors (Lipinski definition) is 5. The van der Waals surface area contributed by atoms with Crippen LogP contribution in [-0.2, 0) is 9.59 Å². The van der Waals surface area contributed by atoms with Gasteiger partial charge >= 0.3 is 0 Å². The van der Waals surface area contributed by atoms with E-state index in [2.05, 4.69) is 12.2 Å². The van der Waals surface area contributed by atoms with Crippen LogP contribution < -0.4 is 14.8 Å². The van der Waals surface area contributed by atoms with E-state index in [9.17, 15) is 9.59 Å². The summed E-state index contributed by atoms with van der Waals surface area (Å²) in [6.07, 6.45) is 11.5. The molecule has 0 bridgehead atoms. The highest BCUT2D eigenvalue weighted by Gasteiger charge is 2.40. The Kier molecular flexibility index (Phi) is 8.94. The summed E-state index contributed by atoms with van der Waals surface area (Å²) in [6.45, 7) is 5.20. The van der Waals surface area contributed by atoms with Gasteiger partial charge in [-0.05, 0) is 56.7 Å². The van der Waals surface area contributed by atoms with Crippen LogP contribution in [0.4, 0.5) is 0 Å². The fourth-order valence-electron chi connectivity index (χ4n) is 5.53. The van der Waals surface area contributed by atoms with E-state index >= 15 is 0 Å². The molecule has 1 aromatic carbocycles. The van der Waals surface area contributed by atoms with Crippen LogP contribution in [0.1, 0.15) is 102 Å². The zero-order chi connectivity index (χ0) is 24.8. The number of carbonyl (C=O) groups is 2. The Balaban J connectivity index is 1.64. The number of unbranched alkanes of at least 4 members (excludes halogenated alkanes) is 5. The van der Waals surface area contributed by atoms with Gasteiger partial charge in [-0.25, -0.2) is 0 Å². The third-order valence-electron chi connectivity index (χ3n) is 7.20. The fourth-order valence-corrected chi connectivity index (χ4v) is 5.80. The first kappa shape index (κ1) is 25.8. The monoisotopic (exact) mass is 499 g/mol. The second-order valence-electron chi connectivity index (χ2n) is 9.78. The number of dihydropyridines is 1. The van der Waals surface area contributed by atoms with Crippen LogP contribution in [0.15, 0.2) is 34.7 Å². The summed E-state index contributed by atoms with van der Waals surface area (Å²) in [6, 6.07) is 3.80. The molecule has 0 spiro atoms. The Morgan fingerprint density at radius 2 is 1.49 bits per heavy atom. The average Bonchev–Trinajstić information content (AvgIpc) is 2.84. The van der Waals surface area contributed by atoms with E-state index in [1.807, 2.05) is 19.1 Å². The molecule has 1 heterocycles. The molecule has 5 nitrogen and oxygen atoms in total. The molecular weight excluding hydrogens is 462 g/mol. The van der Waals surface area contributed by atoms with Crippen LogP contribution in [0.3, 0.4) is 0 Å². The van der Waals surface area contributed by atoms with E-state index in [1.165, 1.54) is 25.7 Å². The van der Waals surface area contributed by atoms with Gasteiger partial charge in [0.15, 0.2) is 23.1 Å². The number of benzene rings is 1. The van der Waals surface area contributed by atoms with Crippen molar-refractivity contribution >= 4 is 23.2 Å².